The van der Waals surface area contributed by atoms with Crippen LogP contribution in [-0.4, -0.2) is 51.1 Å². The van der Waals surface area contributed by atoms with Crippen LogP contribution >= 0.6 is 0 Å². The Balaban J connectivity index is 1.45. The van der Waals surface area contributed by atoms with Crippen molar-refractivity contribution in [1.82, 2.24) is 24.9 Å². The molecule has 0 aliphatic carbocycles. The third kappa shape index (κ3) is 3.50. The number of likely N-dealkylation sites (N-methyl/N-ethyl adjacent to an activating group) is 1. The highest BCUT2D eigenvalue weighted by atomic mass is 16.5. The van der Waals surface area contributed by atoms with Gasteiger partial charge in [0, 0.05) is 50.2 Å². The number of H-pyrrole nitrogens is 1. The van der Waals surface area contributed by atoms with E-state index in [1.54, 1.807) is 0 Å². The number of hydrogen-bond acceptors (Lipinski definition) is 5. The molecule has 0 saturated carbocycles. The van der Waals surface area contributed by atoms with Gasteiger partial charge in [0.25, 0.3) is 0 Å². The Morgan fingerprint density at radius 1 is 1.24 bits per heavy atom. The molecule has 1 fully saturated rings. The summed E-state index contributed by atoms with van der Waals surface area (Å²) in [6.07, 6.45) is 3.72. The van der Waals surface area contributed by atoms with E-state index in [1.807, 2.05) is 48.8 Å². The van der Waals surface area contributed by atoms with Gasteiger partial charge in [0.05, 0.1) is 11.7 Å². The molecule has 0 spiro atoms. The summed E-state index contributed by atoms with van der Waals surface area (Å²) in [5, 5.41) is 4.26. The zero-order valence-electron chi connectivity index (χ0n) is 14.4. The Hall–Kier alpha value is -2.44. The summed E-state index contributed by atoms with van der Waals surface area (Å²) in [6, 6.07) is 12.4. The summed E-state index contributed by atoms with van der Waals surface area (Å²) in [7, 11) is 0. The highest BCUT2D eigenvalue weighted by molar-refractivity contribution is 5.56. The Kier molecular flexibility index (Phi) is 4.63. The average molecular weight is 337 g/mol. The van der Waals surface area contributed by atoms with Crippen molar-refractivity contribution in [2.24, 2.45) is 0 Å². The molecule has 130 valence electrons. The Morgan fingerprint density at radius 3 is 2.88 bits per heavy atom. The summed E-state index contributed by atoms with van der Waals surface area (Å²) >= 11 is 0. The Labute approximate surface area is 147 Å². The van der Waals surface area contributed by atoms with Gasteiger partial charge < -0.3 is 9.51 Å². The lowest BCUT2D eigenvalue weighted by Crippen LogP contribution is -2.48. The van der Waals surface area contributed by atoms with Crippen LogP contribution in [0, 0.1) is 0 Å². The monoisotopic (exact) mass is 337 g/mol. The molecular weight excluding hydrogens is 314 g/mol. The van der Waals surface area contributed by atoms with E-state index in [0.29, 0.717) is 6.04 Å². The highest BCUT2D eigenvalue weighted by Gasteiger charge is 2.29. The number of rotatable bonds is 5. The molecule has 2 aromatic heterocycles. The van der Waals surface area contributed by atoms with Gasteiger partial charge in [0.15, 0.2) is 5.76 Å². The predicted molar refractivity (Wildman–Crippen MR) is 95.8 cm³/mol. The van der Waals surface area contributed by atoms with Gasteiger partial charge in [0.2, 0.25) is 0 Å². The molecule has 1 saturated heterocycles. The first-order valence-electron chi connectivity index (χ1n) is 8.80. The van der Waals surface area contributed by atoms with Crippen LogP contribution in [0.15, 0.2) is 53.3 Å². The fraction of sp³-hybridized carbons (Fsp3) is 0.368. The molecule has 1 aliphatic heterocycles. The van der Waals surface area contributed by atoms with E-state index in [9.17, 15) is 0 Å². The second kappa shape index (κ2) is 7.21. The Morgan fingerprint density at radius 2 is 2.12 bits per heavy atom. The van der Waals surface area contributed by atoms with E-state index < -0.39 is 0 Å². The van der Waals surface area contributed by atoms with Crippen LogP contribution < -0.4 is 0 Å². The number of hydrogen-bond donors (Lipinski definition) is 1. The van der Waals surface area contributed by atoms with Crippen LogP contribution in [0.2, 0.25) is 0 Å². The first-order chi connectivity index (χ1) is 12.3. The maximum atomic E-state index is 5.53. The van der Waals surface area contributed by atoms with Crippen molar-refractivity contribution in [2.45, 2.75) is 19.5 Å². The lowest BCUT2D eigenvalue weighted by molar-refractivity contribution is 0.0684. The Bertz CT molecular complexity index is 783. The molecule has 0 radical (unpaired) electrons. The van der Waals surface area contributed by atoms with Crippen molar-refractivity contribution in [3.63, 3.8) is 0 Å². The number of aromatic amines is 1. The third-order valence-corrected chi connectivity index (χ3v) is 4.82. The maximum absolute atomic E-state index is 5.53. The zero-order valence-corrected chi connectivity index (χ0v) is 14.4. The molecule has 6 heteroatoms. The summed E-state index contributed by atoms with van der Waals surface area (Å²) in [6.45, 7) is 7.03. The van der Waals surface area contributed by atoms with Crippen LogP contribution in [0.3, 0.4) is 0 Å². The molecule has 1 aliphatic rings. The summed E-state index contributed by atoms with van der Waals surface area (Å²) in [5.41, 5.74) is 2.03. The molecule has 0 amide bonds. The van der Waals surface area contributed by atoms with E-state index >= 15 is 0 Å². The highest BCUT2D eigenvalue weighted by Crippen LogP contribution is 2.25. The number of aromatic nitrogens is 3. The molecular formula is C19H23N5O. The first-order valence-corrected chi connectivity index (χ1v) is 8.80. The van der Waals surface area contributed by atoms with Crippen molar-refractivity contribution in [3.8, 4) is 11.3 Å². The van der Waals surface area contributed by atoms with Crippen LogP contribution in [-0.2, 0) is 6.54 Å². The van der Waals surface area contributed by atoms with E-state index in [-0.39, 0.29) is 0 Å². The zero-order chi connectivity index (χ0) is 17.1. The van der Waals surface area contributed by atoms with Crippen LogP contribution in [0.25, 0.3) is 11.3 Å². The quantitative estimate of drug-likeness (QED) is 0.776. The standard InChI is InChI=1S/C19H23N5O/c1-2-24-11-10-23(14-17(24)19-20-8-9-21-19)13-16-12-18(25-22-16)15-6-4-3-5-7-15/h3-9,12,17H,2,10-11,13-14H2,1H3,(H,20,21). The van der Waals surface area contributed by atoms with Crippen molar-refractivity contribution in [1.29, 1.82) is 0 Å². The molecule has 3 heterocycles. The fourth-order valence-corrected chi connectivity index (χ4v) is 3.47. The van der Waals surface area contributed by atoms with Crippen molar-refractivity contribution in [3.05, 3.63) is 60.3 Å². The molecule has 25 heavy (non-hydrogen) atoms. The number of nitrogens with zero attached hydrogens (tertiary/aromatic N) is 4. The van der Waals surface area contributed by atoms with Gasteiger partial charge in [-0.05, 0) is 6.54 Å². The second-order valence-electron chi connectivity index (χ2n) is 6.40. The fourth-order valence-electron chi connectivity index (χ4n) is 3.47. The van der Waals surface area contributed by atoms with Crippen LogP contribution in [0.4, 0.5) is 0 Å². The summed E-state index contributed by atoms with van der Waals surface area (Å²) < 4.78 is 5.53. The SMILES string of the molecule is CCN1CCN(Cc2cc(-c3ccccc3)on2)CC1c1ncc[nH]1. The van der Waals surface area contributed by atoms with E-state index in [4.69, 9.17) is 4.52 Å². The van der Waals surface area contributed by atoms with E-state index in [0.717, 1.165) is 55.6 Å². The van der Waals surface area contributed by atoms with Crippen molar-refractivity contribution < 1.29 is 4.52 Å². The van der Waals surface area contributed by atoms with Gasteiger partial charge in [0.1, 0.15) is 5.82 Å². The molecule has 1 atom stereocenters. The van der Waals surface area contributed by atoms with Gasteiger partial charge >= 0.3 is 0 Å². The molecule has 1 aromatic carbocycles. The van der Waals surface area contributed by atoms with Crippen LogP contribution in [0.1, 0.15) is 24.5 Å². The van der Waals surface area contributed by atoms with Gasteiger partial charge in [-0.1, -0.05) is 42.4 Å². The lowest BCUT2D eigenvalue weighted by atomic mass is 10.1. The maximum Gasteiger partial charge on any atom is 0.167 e. The van der Waals surface area contributed by atoms with Crippen molar-refractivity contribution in [2.75, 3.05) is 26.2 Å². The molecule has 6 nitrogen and oxygen atoms in total. The third-order valence-electron chi connectivity index (χ3n) is 4.82. The number of imidazole rings is 1. The summed E-state index contributed by atoms with van der Waals surface area (Å²) in [4.78, 5) is 12.6. The average Bonchev–Trinajstić information content (AvgIpc) is 3.34. The van der Waals surface area contributed by atoms with E-state index in [1.165, 1.54) is 0 Å². The first kappa shape index (κ1) is 16.1. The largest absolute Gasteiger partial charge is 0.356 e. The van der Waals surface area contributed by atoms with Gasteiger partial charge in [-0.25, -0.2) is 4.98 Å². The van der Waals surface area contributed by atoms with E-state index in [2.05, 4.69) is 31.8 Å². The smallest absolute Gasteiger partial charge is 0.167 e. The minimum atomic E-state index is 0.300. The minimum Gasteiger partial charge on any atom is -0.356 e. The van der Waals surface area contributed by atoms with Gasteiger partial charge in [-0.15, -0.1) is 0 Å². The second-order valence-corrected chi connectivity index (χ2v) is 6.40. The normalized spacial score (nSPS) is 19.3. The predicted octanol–water partition coefficient (Wildman–Crippen LogP) is 2.94. The topological polar surface area (TPSA) is 61.2 Å². The lowest BCUT2D eigenvalue weighted by Gasteiger charge is -2.39. The summed E-state index contributed by atoms with van der Waals surface area (Å²) in [5.74, 6) is 1.86. The number of benzene rings is 1. The number of piperazine rings is 1. The number of nitrogens with one attached hydrogen (secondary N) is 1. The minimum absolute atomic E-state index is 0.300. The molecule has 0 bridgehead atoms. The van der Waals surface area contributed by atoms with Crippen LogP contribution in [0.5, 0.6) is 0 Å². The van der Waals surface area contributed by atoms with Gasteiger partial charge in [-0.3, -0.25) is 9.80 Å². The molecule has 1 unspecified atom stereocenters. The molecule has 1 N–H and O–H groups in total. The van der Waals surface area contributed by atoms with Gasteiger partial charge in [-0.2, -0.15) is 0 Å². The molecule has 4 rings (SSSR count). The van der Waals surface area contributed by atoms with Crippen molar-refractivity contribution >= 4 is 0 Å². The molecule has 3 aromatic rings.